The van der Waals surface area contributed by atoms with Crippen molar-refractivity contribution in [2.75, 3.05) is 13.2 Å². The van der Waals surface area contributed by atoms with Crippen LogP contribution in [0.4, 0.5) is 0 Å². The Kier molecular flexibility index (Phi) is 43.2. The van der Waals surface area contributed by atoms with Crippen molar-refractivity contribution in [3.63, 3.8) is 0 Å². The van der Waals surface area contributed by atoms with Gasteiger partial charge in [-0.15, -0.1) is 0 Å². The SMILES string of the molecule is CCCCCCCCC/C=C\CCCCCCCC(=O)NC(COC1OC(CO)C(O)C(O)C1O)C(O)/C=C/CC/C=C/CC/C=C/CCCCCCCCCCCCCCCCCC. The Labute approximate surface area is 399 Å². The first kappa shape index (κ1) is 61.2. The Morgan fingerprint density at radius 3 is 1.29 bits per heavy atom. The first-order valence-corrected chi connectivity index (χ1v) is 27.4. The molecule has 0 aromatic rings. The average Bonchev–Trinajstić information content (AvgIpc) is 3.31. The van der Waals surface area contributed by atoms with Gasteiger partial charge < -0.3 is 40.3 Å². The third-order valence-electron chi connectivity index (χ3n) is 12.9. The first-order chi connectivity index (χ1) is 31.8. The monoisotopic (exact) mass is 918 g/mol. The number of hydrogen-bond acceptors (Lipinski definition) is 8. The van der Waals surface area contributed by atoms with E-state index in [9.17, 15) is 30.3 Å². The number of rotatable bonds is 46. The van der Waals surface area contributed by atoms with Crippen LogP contribution in [-0.2, 0) is 14.3 Å². The van der Waals surface area contributed by atoms with Crippen molar-refractivity contribution in [3.05, 3.63) is 48.6 Å². The van der Waals surface area contributed by atoms with Crippen LogP contribution in [0.5, 0.6) is 0 Å². The standard InChI is InChI=1S/C56H103NO8/c1-3-5-7-9-11-13-15-17-19-21-22-23-24-25-26-27-28-29-30-31-33-35-37-39-41-43-45-50(59)49(48-64-56-55(63)54(62)53(61)51(47-58)65-56)57-52(60)46-44-42-40-38-36-34-32-20-18-16-14-12-10-8-6-4-2/h20,29-30,32,35,37,43,45,49-51,53-56,58-59,61-63H,3-19,21-28,31,33-34,36,38-42,44,46-48H2,1-2H3,(H,57,60)/b30-29+,32-20-,37-35+,45-43+. The fraction of sp³-hybridized carbons (Fsp3) is 0.839. The van der Waals surface area contributed by atoms with Crippen LogP contribution < -0.4 is 5.32 Å². The van der Waals surface area contributed by atoms with Crippen LogP contribution in [0.1, 0.15) is 245 Å². The summed E-state index contributed by atoms with van der Waals surface area (Å²) >= 11 is 0. The molecule has 1 fully saturated rings. The van der Waals surface area contributed by atoms with Crippen LogP contribution in [0.25, 0.3) is 0 Å². The van der Waals surface area contributed by atoms with Gasteiger partial charge >= 0.3 is 0 Å². The van der Waals surface area contributed by atoms with Gasteiger partial charge in [-0.1, -0.05) is 217 Å². The number of carbonyl (C=O) groups excluding carboxylic acids is 1. The largest absolute Gasteiger partial charge is 0.394 e. The van der Waals surface area contributed by atoms with E-state index in [0.29, 0.717) is 6.42 Å². The van der Waals surface area contributed by atoms with E-state index in [2.05, 4.69) is 55.6 Å². The highest BCUT2D eigenvalue weighted by Gasteiger charge is 2.44. The molecule has 0 aliphatic carbocycles. The number of aliphatic hydroxyl groups is 5. The van der Waals surface area contributed by atoms with Gasteiger partial charge in [-0.05, 0) is 70.6 Å². The zero-order chi connectivity index (χ0) is 47.3. The van der Waals surface area contributed by atoms with Crippen LogP contribution >= 0.6 is 0 Å². The molecule has 1 aliphatic rings. The number of carbonyl (C=O) groups is 1. The minimum absolute atomic E-state index is 0.199. The van der Waals surface area contributed by atoms with Crippen molar-refractivity contribution >= 4 is 5.91 Å². The molecule has 0 bridgehead atoms. The van der Waals surface area contributed by atoms with E-state index in [-0.39, 0.29) is 12.5 Å². The summed E-state index contributed by atoms with van der Waals surface area (Å²) < 4.78 is 11.2. The summed E-state index contributed by atoms with van der Waals surface area (Å²) in [6.45, 7) is 3.76. The van der Waals surface area contributed by atoms with E-state index in [4.69, 9.17) is 9.47 Å². The summed E-state index contributed by atoms with van der Waals surface area (Å²) in [6, 6.07) is -0.833. The summed E-state index contributed by atoms with van der Waals surface area (Å²) in [5.41, 5.74) is 0. The van der Waals surface area contributed by atoms with Gasteiger partial charge in [0.25, 0.3) is 0 Å². The Morgan fingerprint density at radius 1 is 0.508 bits per heavy atom. The van der Waals surface area contributed by atoms with Crippen molar-refractivity contribution in [2.24, 2.45) is 0 Å². The highest BCUT2D eigenvalue weighted by atomic mass is 16.7. The van der Waals surface area contributed by atoms with Crippen molar-refractivity contribution in [3.8, 4) is 0 Å². The van der Waals surface area contributed by atoms with Crippen LogP contribution in [-0.4, -0.2) is 87.5 Å². The predicted molar refractivity (Wildman–Crippen MR) is 272 cm³/mol. The van der Waals surface area contributed by atoms with Gasteiger partial charge in [0.1, 0.15) is 24.4 Å². The lowest BCUT2D eigenvalue weighted by atomic mass is 9.99. The number of hydrogen-bond donors (Lipinski definition) is 6. The zero-order valence-electron chi connectivity index (χ0n) is 42.0. The fourth-order valence-corrected chi connectivity index (χ4v) is 8.48. The maximum atomic E-state index is 13.0. The van der Waals surface area contributed by atoms with Crippen molar-refractivity contribution in [2.45, 2.75) is 288 Å². The predicted octanol–water partition coefficient (Wildman–Crippen LogP) is 13.0. The maximum Gasteiger partial charge on any atom is 0.220 e. The van der Waals surface area contributed by atoms with E-state index in [1.54, 1.807) is 6.08 Å². The third-order valence-corrected chi connectivity index (χ3v) is 12.9. The van der Waals surface area contributed by atoms with Gasteiger partial charge in [-0.2, -0.15) is 0 Å². The Hall–Kier alpha value is -1.85. The molecule has 9 nitrogen and oxygen atoms in total. The van der Waals surface area contributed by atoms with Crippen molar-refractivity contribution < 1.29 is 39.8 Å². The molecule has 1 aliphatic heterocycles. The van der Waals surface area contributed by atoms with Gasteiger partial charge in [0.05, 0.1) is 25.4 Å². The van der Waals surface area contributed by atoms with Crippen LogP contribution in [0, 0.1) is 0 Å². The van der Waals surface area contributed by atoms with Crippen molar-refractivity contribution in [1.82, 2.24) is 5.32 Å². The molecule has 0 saturated carbocycles. The lowest BCUT2D eigenvalue weighted by molar-refractivity contribution is -0.302. The number of ether oxygens (including phenoxy) is 2. The molecular formula is C56H103NO8. The highest BCUT2D eigenvalue weighted by molar-refractivity contribution is 5.76. The van der Waals surface area contributed by atoms with E-state index >= 15 is 0 Å². The normalized spacial score (nSPS) is 20.3. The number of aliphatic hydroxyl groups excluding tert-OH is 5. The topological polar surface area (TPSA) is 149 Å². The van der Waals surface area contributed by atoms with Gasteiger partial charge in [0.2, 0.25) is 5.91 Å². The number of amides is 1. The Morgan fingerprint density at radius 2 is 0.877 bits per heavy atom. The second kappa shape index (κ2) is 45.9. The molecule has 6 N–H and O–H groups in total. The summed E-state index contributed by atoms with van der Waals surface area (Å²) in [7, 11) is 0. The Balaban J connectivity index is 2.29. The highest BCUT2D eigenvalue weighted by Crippen LogP contribution is 2.23. The second-order valence-electron chi connectivity index (χ2n) is 19.0. The molecule has 65 heavy (non-hydrogen) atoms. The zero-order valence-corrected chi connectivity index (χ0v) is 42.0. The molecule has 0 radical (unpaired) electrons. The van der Waals surface area contributed by atoms with Crippen LogP contribution in [0.2, 0.25) is 0 Å². The summed E-state index contributed by atoms with van der Waals surface area (Å²) in [5, 5.41) is 54.4. The van der Waals surface area contributed by atoms with Gasteiger partial charge in [-0.25, -0.2) is 0 Å². The van der Waals surface area contributed by atoms with E-state index in [1.165, 1.54) is 161 Å². The molecule has 1 amide bonds. The summed E-state index contributed by atoms with van der Waals surface area (Å²) in [4.78, 5) is 13.0. The van der Waals surface area contributed by atoms with E-state index in [0.717, 1.165) is 64.2 Å². The summed E-state index contributed by atoms with van der Waals surface area (Å²) in [6.07, 6.45) is 53.2. The lowest BCUT2D eigenvalue weighted by Gasteiger charge is -2.40. The molecule has 9 heteroatoms. The molecule has 380 valence electrons. The summed E-state index contributed by atoms with van der Waals surface area (Å²) in [5.74, 6) is -0.199. The molecular weight excluding hydrogens is 815 g/mol. The average molecular weight is 918 g/mol. The molecule has 7 unspecified atom stereocenters. The molecule has 7 atom stereocenters. The minimum atomic E-state index is -1.58. The molecule has 1 rings (SSSR count). The van der Waals surface area contributed by atoms with E-state index < -0.39 is 49.5 Å². The van der Waals surface area contributed by atoms with Gasteiger partial charge in [0.15, 0.2) is 6.29 Å². The smallest absolute Gasteiger partial charge is 0.220 e. The minimum Gasteiger partial charge on any atom is -0.394 e. The maximum absolute atomic E-state index is 13.0. The molecule has 0 spiro atoms. The molecule has 0 aromatic heterocycles. The number of nitrogens with one attached hydrogen (secondary N) is 1. The van der Waals surface area contributed by atoms with E-state index in [1.807, 2.05) is 6.08 Å². The second-order valence-corrected chi connectivity index (χ2v) is 19.0. The van der Waals surface area contributed by atoms with Crippen molar-refractivity contribution in [1.29, 1.82) is 0 Å². The molecule has 1 saturated heterocycles. The first-order valence-electron chi connectivity index (χ1n) is 27.4. The fourth-order valence-electron chi connectivity index (χ4n) is 8.48. The van der Waals surface area contributed by atoms with Crippen LogP contribution in [0.15, 0.2) is 48.6 Å². The molecule has 1 heterocycles. The molecule has 0 aromatic carbocycles. The lowest BCUT2D eigenvalue weighted by Crippen LogP contribution is -2.60. The third kappa shape index (κ3) is 35.9. The van der Waals surface area contributed by atoms with Crippen LogP contribution in [0.3, 0.4) is 0 Å². The Bertz CT molecular complexity index is 1160. The quantitative estimate of drug-likeness (QED) is 0.0261. The van der Waals surface area contributed by atoms with Gasteiger partial charge in [0, 0.05) is 6.42 Å². The number of unbranched alkanes of at least 4 members (excludes halogenated alkanes) is 30. The number of allylic oxidation sites excluding steroid dienone is 7. The van der Waals surface area contributed by atoms with Gasteiger partial charge in [-0.3, -0.25) is 4.79 Å².